The van der Waals surface area contributed by atoms with Crippen molar-refractivity contribution in [1.29, 1.82) is 5.41 Å². The minimum atomic E-state index is 0.585. The molecule has 0 atom stereocenters. The third-order valence-electron chi connectivity index (χ3n) is 3.69. The van der Waals surface area contributed by atoms with E-state index < -0.39 is 0 Å². The third-order valence-corrected chi connectivity index (χ3v) is 3.69. The smallest absolute Gasteiger partial charge is 0.213 e. The van der Waals surface area contributed by atoms with E-state index in [2.05, 4.69) is 29.0 Å². The highest BCUT2D eigenvalue weighted by Crippen LogP contribution is 2.26. The topological polar surface area (TPSA) is 37.0 Å². The molecule has 0 spiro atoms. The first-order valence-electron chi connectivity index (χ1n) is 6.56. The Morgan fingerprint density at radius 3 is 2.55 bits per heavy atom. The van der Waals surface area contributed by atoms with Crippen LogP contribution in [0.15, 0.2) is 42.6 Å². The molecule has 0 saturated heterocycles. The summed E-state index contributed by atoms with van der Waals surface area (Å²) in [6.07, 6.45) is 2.10. The summed E-state index contributed by atoms with van der Waals surface area (Å²) < 4.78 is 7.39. The van der Waals surface area contributed by atoms with Crippen LogP contribution < -0.4 is 9.30 Å². The van der Waals surface area contributed by atoms with Crippen LogP contribution in [0.25, 0.3) is 21.7 Å². The number of rotatable bonds is 2. The molecule has 1 aromatic heterocycles. The maximum Gasteiger partial charge on any atom is 0.213 e. The first-order valence-corrected chi connectivity index (χ1v) is 6.56. The average Bonchev–Trinajstić information content (AvgIpc) is 2.46. The van der Waals surface area contributed by atoms with Gasteiger partial charge in [0, 0.05) is 22.7 Å². The van der Waals surface area contributed by atoms with Crippen molar-refractivity contribution < 1.29 is 9.30 Å². The molecule has 1 heterocycles. The van der Waals surface area contributed by atoms with Gasteiger partial charge in [-0.3, -0.25) is 0 Å². The Morgan fingerprint density at radius 1 is 1.10 bits per heavy atom. The summed E-state index contributed by atoms with van der Waals surface area (Å²) in [4.78, 5) is 0. The molecular weight excluding hydrogens is 248 g/mol. The van der Waals surface area contributed by atoms with Gasteiger partial charge in [0.15, 0.2) is 6.20 Å². The van der Waals surface area contributed by atoms with E-state index in [0.29, 0.717) is 5.71 Å². The van der Waals surface area contributed by atoms with Gasteiger partial charge in [0.25, 0.3) is 0 Å². The molecule has 2 aromatic carbocycles. The number of benzene rings is 2. The molecule has 0 saturated carbocycles. The van der Waals surface area contributed by atoms with Gasteiger partial charge >= 0.3 is 0 Å². The zero-order chi connectivity index (χ0) is 14.3. The zero-order valence-corrected chi connectivity index (χ0v) is 11.9. The lowest BCUT2D eigenvalue weighted by molar-refractivity contribution is -0.643. The van der Waals surface area contributed by atoms with E-state index in [4.69, 9.17) is 10.1 Å². The molecule has 0 unspecified atom stereocenters. The standard InChI is InChI=1S/C17H17N2O/c1-11(18)12-4-6-16-15-7-5-14(20-3)8-13(15)10-19(2)17(16)9-12/h4-10,18H,1-3H3/q+1. The van der Waals surface area contributed by atoms with Crippen LogP contribution in [0.1, 0.15) is 12.5 Å². The first kappa shape index (κ1) is 12.6. The molecule has 3 aromatic rings. The Bertz CT molecular complexity index is 837. The van der Waals surface area contributed by atoms with Crippen LogP contribution in [0.3, 0.4) is 0 Å². The molecule has 100 valence electrons. The first-order chi connectivity index (χ1) is 9.60. The second-order valence-corrected chi connectivity index (χ2v) is 5.05. The molecule has 0 aliphatic heterocycles. The largest absolute Gasteiger partial charge is 0.497 e. The summed E-state index contributed by atoms with van der Waals surface area (Å²) in [5.41, 5.74) is 2.68. The van der Waals surface area contributed by atoms with Crippen LogP contribution in [-0.2, 0) is 7.05 Å². The minimum absolute atomic E-state index is 0.585. The Labute approximate surface area is 117 Å². The average molecular weight is 265 g/mol. The van der Waals surface area contributed by atoms with Crippen molar-refractivity contribution in [3.05, 3.63) is 48.2 Å². The van der Waals surface area contributed by atoms with Gasteiger partial charge in [-0.15, -0.1) is 0 Å². The fourth-order valence-electron chi connectivity index (χ4n) is 2.58. The monoisotopic (exact) mass is 265 g/mol. The van der Waals surface area contributed by atoms with E-state index in [9.17, 15) is 0 Å². The number of methoxy groups -OCH3 is 1. The van der Waals surface area contributed by atoms with E-state index in [1.807, 2.05) is 32.2 Å². The fourth-order valence-corrected chi connectivity index (χ4v) is 2.58. The molecule has 1 N–H and O–H groups in total. The predicted molar refractivity (Wildman–Crippen MR) is 81.7 cm³/mol. The predicted octanol–water partition coefficient (Wildman–Crippen LogP) is 3.21. The normalized spacial score (nSPS) is 10.9. The minimum Gasteiger partial charge on any atom is -0.497 e. The lowest BCUT2D eigenvalue weighted by Gasteiger charge is -2.06. The molecule has 0 amide bonds. The number of nitrogens with one attached hydrogen (secondary N) is 1. The lowest BCUT2D eigenvalue weighted by Crippen LogP contribution is -2.28. The maximum absolute atomic E-state index is 7.77. The number of hydrogen-bond donors (Lipinski definition) is 1. The third kappa shape index (κ3) is 1.92. The van der Waals surface area contributed by atoms with Crippen LogP contribution in [0.2, 0.25) is 0 Å². The van der Waals surface area contributed by atoms with Gasteiger partial charge < -0.3 is 10.1 Å². The van der Waals surface area contributed by atoms with Crippen LogP contribution in [0, 0.1) is 5.41 Å². The van der Waals surface area contributed by atoms with Crippen LogP contribution in [0.4, 0.5) is 0 Å². The Balaban J connectivity index is 2.39. The number of hydrogen-bond acceptors (Lipinski definition) is 2. The molecular formula is C17H17N2O+. The van der Waals surface area contributed by atoms with Crippen molar-refractivity contribution in [3.8, 4) is 5.75 Å². The summed E-state index contributed by atoms with van der Waals surface area (Å²) >= 11 is 0. The highest BCUT2D eigenvalue weighted by Gasteiger charge is 2.12. The van der Waals surface area contributed by atoms with Gasteiger partial charge in [-0.25, -0.2) is 4.57 Å². The quantitative estimate of drug-likeness (QED) is 0.431. The van der Waals surface area contributed by atoms with E-state index in [-0.39, 0.29) is 0 Å². The zero-order valence-electron chi connectivity index (χ0n) is 11.9. The Morgan fingerprint density at radius 2 is 1.85 bits per heavy atom. The molecule has 0 aliphatic carbocycles. The van der Waals surface area contributed by atoms with Crippen molar-refractivity contribution in [3.63, 3.8) is 0 Å². The van der Waals surface area contributed by atoms with Crippen molar-refractivity contribution in [2.45, 2.75) is 6.92 Å². The highest BCUT2D eigenvalue weighted by atomic mass is 16.5. The molecule has 3 nitrogen and oxygen atoms in total. The van der Waals surface area contributed by atoms with Crippen molar-refractivity contribution in [2.75, 3.05) is 7.11 Å². The second-order valence-electron chi connectivity index (χ2n) is 5.05. The van der Waals surface area contributed by atoms with Crippen LogP contribution in [0.5, 0.6) is 5.75 Å². The second kappa shape index (κ2) is 4.60. The molecule has 3 heteroatoms. The molecule has 0 bridgehead atoms. The Hall–Kier alpha value is -2.42. The van der Waals surface area contributed by atoms with E-state index in [1.54, 1.807) is 7.11 Å². The molecule has 0 radical (unpaired) electrons. The highest BCUT2D eigenvalue weighted by molar-refractivity contribution is 6.07. The SMILES string of the molecule is COc1ccc2c(c1)c[n+](C)c1cc(C(C)=N)ccc21. The van der Waals surface area contributed by atoms with Crippen molar-refractivity contribution in [2.24, 2.45) is 7.05 Å². The number of ether oxygens (including phenoxy) is 1. The summed E-state index contributed by atoms with van der Waals surface area (Å²) in [5, 5.41) is 11.3. The van der Waals surface area contributed by atoms with Gasteiger partial charge in [0.05, 0.1) is 17.9 Å². The molecule has 20 heavy (non-hydrogen) atoms. The van der Waals surface area contributed by atoms with E-state index >= 15 is 0 Å². The molecule has 0 aliphatic rings. The number of fused-ring (bicyclic) bond motifs is 3. The fraction of sp³-hybridized carbons (Fsp3) is 0.176. The van der Waals surface area contributed by atoms with Gasteiger partial charge in [-0.05, 0) is 31.2 Å². The number of aryl methyl sites for hydroxylation is 1. The molecule has 3 rings (SSSR count). The maximum atomic E-state index is 7.77. The van der Waals surface area contributed by atoms with Crippen LogP contribution >= 0.6 is 0 Å². The summed E-state index contributed by atoms with van der Waals surface area (Å²) in [5.74, 6) is 0.865. The summed E-state index contributed by atoms with van der Waals surface area (Å²) in [7, 11) is 3.71. The van der Waals surface area contributed by atoms with E-state index in [1.165, 1.54) is 10.8 Å². The van der Waals surface area contributed by atoms with Crippen molar-refractivity contribution in [1.82, 2.24) is 0 Å². The lowest BCUT2D eigenvalue weighted by atomic mass is 10.0. The van der Waals surface area contributed by atoms with Gasteiger partial charge in [-0.2, -0.15) is 0 Å². The van der Waals surface area contributed by atoms with Crippen LogP contribution in [-0.4, -0.2) is 12.8 Å². The van der Waals surface area contributed by atoms with Gasteiger partial charge in [0.2, 0.25) is 5.52 Å². The molecule has 0 fully saturated rings. The Kier molecular flexibility index (Phi) is 2.90. The van der Waals surface area contributed by atoms with Gasteiger partial charge in [0.1, 0.15) is 12.8 Å². The van der Waals surface area contributed by atoms with Gasteiger partial charge in [-0.1, -0.05) is 6.07 Å². The van der Waals surface area contributed by atoms with Crippen molar-refractivity contribution >= 4 is 27.4 Å². The number of aromatic nitrogens is 1. The van der Waals surface area contributed by atoms with E-state index in [0.717, 1.165) is 22.2 Å². The number of pyridine rings is 1. The summed E-state index contributed by atoms with van der Waals surface area (Å²) in [6.45, 7) is 1.81. The number of nitrogens with zero attached hydrogens (tertiary/aromatic N) is 1. The summed E-state index contributed by atoms with van der Waals surface area (Å²) in [6, 6.07) is 12.3.